The van der Waals surface area contributed by atoms with E-state index in [4.69, 9.17) is 0 Å². The maximum absolute atomic E-state index is 13.1. The third kappa shape index (κ3) is 3.93. The molecular formula is C20H23N5OS. The predicted octanol–water partition coefficient (Wildman–Crippen LogP) is 3.64. The van der Waals surface area contributed by atoms with Gasteiger partial charge in [-0.1, -0.05) is 34.8 Å². The number of amides is 1. The van der Waals surface area contributed by atoms with Crippen molar-refractivity contribution in [3.05, 3.63) is 65.2 Å². The molecule has 1 aliphatic carbocycles. The molecule has 0 radical (unpaired) electrons. The predicted molar refractivity (Wildman–Crippen MR) is 104 cm³/mol. The molecule has 0 unspecified atom stereocenters. The molecule has 27 heavy (non-hydrogen) atoms. The molecule has 0 aliphatic heterocycles. The first kappa shape index (κ1) is 17.9. The summed E-state index contributed by atoms with van der Waals surface area (Å²) in [5.41, 5.74) is 1.83. The smallest absolute Gasteiger partial charge is 0.275 e. The molecule has 0 N–H and O–H groups in total. The zero-order chi connectivity index (χ0) is 18.6. The van der Waals surface area contributed by atoms with Crippen LogP contribution in [0.5, 0.6) is 0 Å². The van der Waals surface area contributed by atoms with Gasteiger partial charge in [-0.2, -0.15) is 0 Å². The Balaban J connectivity index is 1.51. The van der Waals surface area contributed by atoms with Gasteiger partial charge in [-0.25, -0.2) is 4.98 Å². The molecule has 1 amide bonds. The van der Waals surface area contributed by atoms with Crippen molar-refractivity contribution in [1.29, 1.82) is 0 Å². The highest BCUT2D eigenvalue weighted by Crippen LogP contribution is 2.35. The molecule has 0 atom stereocenters. The van der Waals surface area contributed by atoms with Crippen LogP contribution >= 0.6 is 11.5 Å². The summed E-state index contributed by atoms with van der Waals surface area (Å²) in [5, 5.41) is 5.72. The molecule has 6 nitrogen and oxygen atoms in total. The minimum atomic E-state index is -0.0464. The van der Waals surface area contributed by atoms with E-state index < -0.39 is 0 Å². The molecule has 3 aromatic rings. The van der Waals surface area contributed by atoms with Gasteiger partial charge in [0.1, 0.15) is 5.82 Å². The van der Waals surface area contributed by atoms with Crippen LogP contribution < -0.4 is 0 Å². The lowest BCUT2D eigenvalue weighted by atomic mass is 9.81. The van der Waals surface area contributed by atoms with Crippen LogP contribution in [0.4, 0.5) is 0 Å². The van der Waals surface area contributed by atoms with Gasteiger partial charge in [-0.05, 0) is 48.7 Å². The molecule has 1 saturated carbocycles. The third-order valence-corrected chi connectivity index (χ3v) is 5.99. The Morgan fingerprint density at radius 2 is 2.00 bits per heavy atom. The summed E-state index contributed by atoms with van der Waals surface area (Å²) in [6, 6.07) is 10.9. The first-order valence-electron chi connectivity index (χ1n) is 9.31. The lowest BCUT2D eigenvalue weighted by Gasteiger charge is -2.36. The Morgan fingerprint density at radius 3 is 2.63 bits per heavy atom. The van der Waals surface area contributed by atoms with Crippen molar-refractivity contribution in [3.8, 4) is 0 Å². The van der Waals surface area contributed by atoms with E-state index in [1.54, 1.807) is 11.6 Å². The van der Waals surface area contributed by atoms with Crippen molar-refractivity contribution in [1.82, 2.24) is 24.0 Å². The fraction of sp³-hybridized carbons (Fsp3) is 0.400. The van der Waals surface area contributed by atoms with Gasteiger partial charge in [0.05, 0.1) is 6.54 Å². The van der Waals surface area contributed by atoms with E-state index in [0.29, 0.717) is 18.2 Å². The number of hydrogen-bond donors (Lipinski definition) is 0. The largest absolute Gasteiger partial charge is 0.337 e. The molecule has 1 aromatic carbocycles. The molecule has 0 saturated heterocycles. The zero-order valence-electron chi connectivity index (χ0n) is 15.4. The number of rotatable bonds is 5. The average molecular weight is 382 g/mol. The monoisotopic (exact) mass is 381 g/mol. The van der Waals surface area contributed by atoms with Crippen LogP contribution in [0.25, 0.3) is 0 Å². The summed E-state index contributed by atoms with van der Waals surface area (Å²) in [4.78, 5) is 19.4. The lowest BCUT2D eigenvalue weighted by molar-refractivity contribution is 0.0590. The van der Waals surface area contributed by atoms with E-state index in [2.05, 4.69) is 44.9 Å². The van der Waals surface area contributed by atoms with Crippen molar-refractivity contribution in [3.63, 3.8) is 0 Å². The molecule has 0 spiro atoms. The van der Waals surface area contributed by atoms with E-state index in [1.165, 1.54) is 17.1 Å². The van der Waals surface area contributed by atoms with Crippen molar-refractivity contribution >= 4 is 17.4 Å². The van der Waals surface area contributed by atoms with Gasteiger partial charge in [0.25, 0.3) is 5.91 Å². The molecule has 1 aliphatic rings. The van der Waals surface area contributed by atoms with Crippen LogP contribution in [0.3, 0.4) is 0 Å². The third-order valence-electron chi connectivity index (χ3n) is 5.48. The number of carbonyl (C=O) groups excluding carboxylic acids is 1. The molecule has 1 fully saturated rings. The van der Waals surface area contributed by atoms with Gasteiger partial charge >= 0.3 is 0 Å². The van der Waals surface area contributed by atoms with E-state index in [0.717, 1.165) is 31.5 Å². The van der Waals surface area contributed by atoms with Crippen molar-refractivity contribution < 1.29 is 4.79 Å². The summed E-state index contributed by atoms with van der Waals surface area (Å²) in [6.07, 6.45) is 7.85. The summed E-state index contributed by atoms with van der Waals surface area (Å²) in [6.45, 7) is 0.501. The van der Waals surface area contributed by atoms with E-state index in [1.807, 2.05) is 22.7 Å². The van der Waals surface area contributed by atoms with Crippen molar-refractivity contribution in [2.75, 3.05) is 0 Å². The highest BCUT2D eigenvalue weighted by molar-refractivity contribution is 7.03. The van der Waals surface area contributed by atoms with Crippen LogP contribution in [0, 0.1) is 0 Å². The van der Waals surface area contributed by atoms with Crippen LogP contribution in [0.1, 0.15) is 53.5 Å². The summed E-state index contributed by atoms with van der Waals surface area (Å²) >= 11 is 1.21. The highest BCUT2D eigenvalue weighted by Gasteiger charge is 2.31. The molecule has 0 bridgehead atoms. The number of nitrogens with zero attached hydrogens (tertiary/aromatic N) is 5. The van der Waals surface area contributed by atoms with Gasteiger partial charge in [0, 0.05) is 30.9 Å². The Morgan fingerprint density at radius 1 is 1.22 bits per heavy atom. The summed E-state index contributed by atoms with van der Waals surface area (Å²) in [5.74, 6) is 1.42. The highest BCUT2D eigenvalue weighted by atomic mass is 32.1. The number of aryl methyl sites for hydroxylation is 1. The minimum absolute atomic E-state index is 0.0464. The van der Waals surface area contributed by atoms with Gasteiger partial charge in [-0.15, -0.1) is 5.10 Å². The van der Waals surface area contributed by atoms with E-state index >= 15 is 0 Å². The topological polar surface area (TPSA) is 63.9 Å². The number of hydrogen-bond acceptors (Lipinski definition) is 5. The second kappa shape index (κ2) is 8.00. The first-order chi connectivity index (χ1) is 13.2. The lowest BCUT2D eigenvalue weighted by Crippen LogP contribution is -2.42. The van der Waals surface area contributed by atoms with E-state index in [-0.39, 0.29) is 11.9 Å². The Bertz CT molecular complexity index is 869. The van der Waals surface area contributed by atoms with Crippen molar-refractivity contribution in [2.24, 2.45) is 7.05 Å². The fourth-order valence-electron chi connectivity index (χ4n) is 3.92. The Kier molecular flexibility index (Phi) is 5.29. The molecule has 7 heteroatoms. The zero-order valence-corrected chi connectivity index (χ0v) is 16.2. The maximum atomic E-state index is 13.1. The van der Waals surface area contributed by atoms with E-state index in [9.17, 15) is 4.79 Å². The molecule has 2 heterocycles. The molecule has 2 aromatic heterocycles. The van der Waals surface area contributed by atoms with Gasteiger partial charge in [-0.3, -0.25) is 4.79 Å². The van der Waals surface area contributed by atoms with Crippen molar-refractivity contribution in [2.45, 2.75) is 44.2 Å². The minimum Gasteiger partial charge on any atom is -0.337 e. The van der Waals surface area contributed by atoms with Gasteiger partial charge < -0.3 is 9.47 Å². The van der Waals surface area contributed by atoms with Crippen LogP contribution in [-0.2, 0) is 13.6 Å². The van der Waals surface area contributed by atoms with Gasteiger partial charge in [0.15, 0.2) is 5.69 Å². The SMILES string of the molecule is Cn1ccnc1CN(C(=O)c1csnn1)C1CCC(c2ccccc2)CC1. The molecular weight excluding hydrogens is 358 g/mol. The Labute approximate surface area is 163 Å². The van der Waals surface area contributed by atoms with Crippen LogP contribution in [0.2, 0.25) is 0 Å². The van der Waals surface area contributed by atoms with Crippen LogP contribution in [0.15, 0.2) is 48.1 Å². The second-order valence-electron chi connectivity index (χ2n) is 7.09. The number of imidazole rings is 1. The van der Waals surface area contributed by atoms with Crippen LogP contribution in [-0.4, -0.2) is 36.0 Å². The quantitative estimate of drug-likeness (QED) is 0.677. The average Bonchev–Trinajstić information content (AvgIpc) is 3.39. The summed E-state index contributed by atoms with van der Waals surface area (Å²) in [7, 11) is 1.96. The summed E-state index contributed by atoms with van der Waals surface area (Å²) < 4.78 is 5.83. The fourth-order valence-corrected chi connectivity index (χ4v) is 4.35. The second-order valence-corrected chi connectivity index (χ2v) is 7.70. The molecule has 4 rings (SSSR count). The number of carbonyl (C=O) groups is 1. The standard InChI is InChI=1S/C20H23N5OS/c1-24-12-11-21-19(24)13-25(20(26)18-14-27-23-22-18)17-9-7-16(8-10-17)15-5-3-2-4-6-15/h2-6,11-12,14,16-17H,7-10,13H2,1H3. The number of aromatic nitrogens is 4. The maximum Gasteiger partial charge on any atom is 0.275 e. The van der Waals surface area contributed by atoms with Gasteiger partial charge in [0.2, 0.25) is 0 Å². The molecule has 140 valence electrons. The normalized spacial score (nSPS) is 19.7. The Hall–Kier alpha value is -2.54. The number of benzene rings is 1. The first-order valence-corrected chi connectivity index (χ1v) is 10.1.